The van der Waals surface area contributed by atoms with Gasteiger partial charge >= 0.3 is 0 Å². The number of rotatable bonds is 3. The Morgan fingerprint density at radius 3 is 1.93 bits per heavy atom. The van der Waals surface area contributed by atoms with E-state index >= 15 is 0 Å². The van der Waals surface area contributed by atoms with Crippen LogP contribution in [0.25, 0.3) is 81.0 Å². The van der Waals surface area contributed by atoms with E-state index in [1.807, 2.05) is 11.3 Å². The summed E-state index contributed by atoms with van der Waals surface area (Å²) in [7, 11) is 0.849. The van der Waals surface area contributed by atoms with E-state index in [1.165, 1.54) is 144 Å². The summed E-state index contributed by atoms with van der Waals surface area (Å²) in [6, 6.07) is 52.7. The normalized spacial score (nSPS) is 17.2. The molecule has 0 fully saturated rings. The van der Waals surface area contributed by atoms with Crippen LogP contribution in [0.5, 0.6) is 0 Å². The molecule has 0 radical (unpaired) electrons. The van der Waals surface area contributed by atoms with Crippen molar-refractivity contribution in [2.45, 2.75) is 116 Å². The summed E-state index contributed by atoms with van der Waals surface area (Å²) in [5, 5.41) is 9.45. The van der Waals surface area contributed by atoms with Gasteiger partial charge in [-0.05, 0) is 161 Å². The van der Waals surface area contributed by atoms with Crippen molar-refractivity contribution in [1.82, 2.24) is 4.57 Å². The Kier molecular flexibility index (Phi) is 8.34. The largest absolute Gasteiger partial charge is 0.355 e. The summed E-state index contributed by atoms with van der Waals surface area (Å²) in [6.07, 6.45) is 2.40. The summed E-state index contributed by atoms with van der Waals surface area (Å²) in [4.78, 5) is 0. The number of benzene rings is 8. The molecule has 4 aliphatic rings. The summed E-state index contributed by atoms with van der Waals surface area (Å²) < 4.78 is 5.37. The maximum absolute atomic E-state index is 4.09. The zero-order valence-corrected chi connectivity index (χ0v) is 43.5. The fourth-order valence-electron chi connectivity index (χ4n) is 13.8. The summed E-state index contributed by atoms with van der Waals surface area (Å²) in [6.45, 7) is 26.5. The topological polar surface area (TPSA) is 17.0 Å². The smallest absolute Gasteiger partial charge is 0.198 e. The highest BCUT2D eigenvalue weighted by Gasteiger charge is 2.44. The standard InChI is InChI=1S/C66H61BN2S/c1-62(2,3)36-20-22-37(23-21-36)68-55-33-50-43(44-30-52-53(32-49(44)66(50,10)11)64(6,7)27-26-63(52,4)5)28-45(55)40-24-25-41-46-29-42-38-16-12-14-18-48(38)65(8,9)51(42)34-56(46)69-57-35-59-47(31-54(57)67-60(40)61(41)69)39-17-13-15-19-58(39)70-59/h12-25,28-35,67-68H,26-27H2,1-11H3. The van der Waals surface area contributed by atoms with E-state index in [0.717, 1.165) is 18.7 Å². The molecule has 0 saturated heterocycles. The molecular formula is C66H61BN2S. The number of thiophene rings is 1. The molecule has 2 nitrogen and oxygen atoms in total. The molecule has 8 aromatic carbocycles. The summed E-state index contributed by atoms with van der Waals surface area (Å²) in [5.41, 5.74) is 27.2. The van der Waals surface area contributed by atoms with Gasteiger partial charge in [-0.1, -0.05) is 160 Å². The number of hydrogen-bond acceptors (Lipinski definition) is 2. The first-order valence-electron chi connectivity index (χ1n) is 25.7. The van der Waals surface area contributed by atoms with Crippen LogP contribution >= 0.6 is 11.3 Å². The Morgan fingerprint density at radius 1 is 0.500 bits per heavy atom. The van der Waals surface area contributed by atoms with Crippen molar-refractivity contribution in [3.8, 4) is 39.1 Å². The number of fused-ring (bicyclic) bond motifs is 15. The average molecular weight is 925 g/mol. The molecule has 3 heterocycles. The van der Waals surface area contributed by atoms with Gasteiger partial charge in [0.25, 0.3) is 0 Å². The predicted molar refractivity (Wildman–Crippen MR) is 304 cm³/mol. The van der Waals surface area contributed by atoms with Crippen molar-refractivity contribution in [2.75, 3.05) is 5.32 Å². The highest BCUT2D eigenvalue weighted by atomic mass is 32.1. The van der Waals surface area contributed by atoms with E-state index in [4.69, 9.17) is 0 Å². The van der Waals surface area contributed by atoms with E-state index in [9.17, 15) is 0 Å². The predicted octanol–water partition coefficient (Wildman–Crippen LogP) is 16.5. The van der Waals surface area contributed by atoms with Gasteiger partial charge in [0.1, 0.15) is 0 Å². The van der Waals surface area contributed by atoms with E-state index in [1.54, 1.807) is 0 Å². The van der Waals surface area contributed by atoms with Crippen LogP contribution in [0.1, 0.15) is 128 Å². The Balaban J connectivity index is 1.06. The Morgan fingerprint density at radius 2 is 1.16 bits per heavy atom. The molecule has 14 rings (SSSR count). The third kappa shape index (κ3) is 5.69. The zero-order chi connectivity index (χ0) is 48.2. The molecule has 0 atom stereocenters. The zero-order valence-electron chi connectivity index (χ0n) is 42.7. The quantitative estimate of drug-likeness (QED) is 0.175. The van der Waals surface area contributed by atoms with Crippen LogP contribution in [-0.2, 0) is 27.1 Å². The van der Waals surface area contributed by atoms with E-state index in [2.05, 4.69) is 220 Å². The minimum Gasteiger partial charge on any atom is -0.355 e. The van der Waals surface area contributed by atoms with Crippen LogP contribution in [0.4, 0.5) is 11.4 Å². The number of nitrogens with zero attached hydrogens (tertiary/aromatic N) is 1. The lowest BCUT2D eigenvalue weighted by Crippen LogP contribution is -2.37. The van der Waals surface area contributed by atoms with Gasteiger partial charge in [0.2, 0.25) is 0 Å². The van der Waals surface area contributed by atoms with Crippen LogP contribution in [-0.4, -0.2) is 11.8 Å². The average Bonchev–Trinajstić information content (AvgIpc) is 3.99. The molecule has 1 aliphatic heterocycles. The molecule has 344 valence electrons. The molecular weight excluding hydrogens is 864 g/mol. The van der Waals surface area contributed by atoms with Crippen molar-refractivity contribution in [3.63, 3.8) is 0 Å². The van der Waals surface area contributed by atoms with Crippen molar-refractivity contribution in [3.05, 3.63) is 172 Å². The van der Waals surface area contributed by atoms with Gasteiger partial charge in [-0.2, -0.15) is 0 Å². The fraction of sp³-hybridized carbons (Fsp3) is 0.273. The minimum absolute atomic E-state index is 0.0718. The van der Waals surface area contributed by atoms with Crippen LogP contribution in [0.3, 0.4) is 0 Å². The molecule has 1 N–H and O–H groups in total. The highest BCUT2D eigenvalue weighted by Crippen LogP contribution is 2.57. The van der Waals surface area contributed by atoms with Crippen molar-refractivity contribution >= 4 is 82.9 Å². The van der Waals surface area contributed by atoms with Gasteiger partial charge in [-0.3, -0.25) is 0 Å². The first-order valence-corrected chi connectivity index (χ1v) is 26.6. The molecule has 0 bridgehead atoms. The first-order chi connectivity index (χ1) is 33.3. The van der Waals surface area contributed by atoms with Gasteiger partial charge in [-0.25, -0.2) is 0 Å². The second kappa shape index (κ2) is 13.7. The van der Waals surface area contributed by atoms with Crippen molar-refractivity contribution in [1.29, 1.82) is 0 Å². The van der Waals surface area contributed by atoms with Gasteiger partial charge in [0.05, 0.1) is 5.52 Å². The SMILES string of the molecule is CC(C)(C)c1ccc(Nc2cc3c(cc2-c2ccc4c5cc6c(cc5n5c4c2Bc2cc4c(cc2-5)sc2ccccc24)C(C)(C)c2ccccc2-6)-c2cc4c(cc2C3(C)C)C(C)(C)CCC4(C)C)cc1. The van der Waals surface area contributed by atoms with Crippen molar-refractivity contribution < 1.29 is 0 Å². The lowest BCUT2D eigenvalue weighted by Gasteiger charge is -2.42. The molecule has 10 aromatic rings. The van der Waals surface area contributed by atoms with Gasteiger partial charge < -0.3 is 9.88 Å². The van der Waals surface area contributed by atoms with Gasteiger partial charge in [0, 0.05) is 64.5 Å². The molecule has 3 aliphatic carbocycles. The maximum Gasteiger partial charge on any atom is 0.198 e. The molecule has 0 saturated carbocycles. The van der Waals surface area contributed by atoms with E-state index in [-0.39, 0.29) is 27.1 Å². The number of nitrogens with one attached hydrogen (secondary N) is 1. The number of aromatic nitrogens is 1. The fourth-order valence-corrected chi connectivity index (χ4v) is 14.9. The lowest BCUT2D eigenvalue weighted by molar-refractivity contribution is 0.331. The van der Waals surface area contributed by atoms with E-state index < -0.39 is 0 Å². The molecule has 0 spiro atoms. The molecule has 2 aromatic heterocycles. The first kappa shape index (κ1) is 42.5. The minimum atomic E-state index is -0.173. The number of anilines is 2. The molecule has 0 amide bonds. The molecule has 4 heteroatoms. The molecule has 0 unspecified atom stereocenters. The Bertz CT molecular complexity index is 3970. The monoisotopic (exact) mass is 924 g/mol. The maximum atomic E-state index is 4.09. The van der Waals surface area contributed by atoms with Gasteiger partial charge in [0.15, 0.2) is 7.28 Å². The van der Waals surface area contributed by atoms with Crippen LogP contribution < -0.4 is 16.2 Å². The highest BCUT2D eigenvalue weighted by molar-refractivity contribution is 7.25. The van der Waals surface area contributed by atoms with E-state index in [0.29, 0.717) is 0 Å². The summed E-state index contributed by atoms with van der Waals surface area (Å²) in [5.74, 6) is 0. The second-order valence-electron chi connectivity index (χ2n) is 24.9. The van der Waals surface area contributed by atoms with Crippen LogP contribution in [0.2, 0.25) is 0 Å². The Hall–Kier alpha value is -6.36. The van der Waals surface area contributed by atoms with Gasteiger partial charge in [-0.15, -0.1) is 11.3 Å². The molecule has 70 heavy (non-hydrogen) atoms. The number of hydrogen-bond donors (Lipinski definition) is 1. The summed E-state index contributed by atoms with van der Waals surface area (Å²) >= 11 is 1.92. The van der Waals surface area contributed by atoms with Crippen LogP contribution in [0.15, 0.2) is 133 Å². The van der Waals surface area contributed by atoms with Crippen LogP contribution in [0, 0.1) is 0 Å². The Labute approximate surface area is 418 Å². The lowest BCUT2D eigenvalue weighted by atomic mass is 9.59. The second-order valence-corrected chi connectivity index (χ2v) is 26.0. The van der Waals surface area contributed by atoms with Crippen molar-refractivity contribution in [2.24, 2.45) is 0 Å². The third-order valence-electron chi connectivity index (χ3n) is 18.0. The third-order valence-corrected chi connectivity index (χ3v) is 19.2.